The van der Waals surface area contributed by atoms with Crippen LogP contribution in [0.15, 0.2) is 35.0 Å². The smallest absolute Gasteiger partial charge is 0.262 e. The van der Waals surface area contributed by atoms with Crippen LogP contribution in [-0.2, 0) is 6.42 Å². The highest BCUT2D eigenvalue weighted by Crippen LogP contribution is 2.39. The molecule has 19 heavy (non-hydrogen) atoms. The second-order valence-electron chi connectivity index (χ2n) is 4.73. The molecule has 1 unspecified atom stereocenters. The molecule has 2 aromatic rings. The summed E-state index contributed by atoms with van der Waals surface area (Å²) >= 11 is 0. The molecule has 1 atom stereocenters. The molecule has 1 aromatic carbocycles. The van der Waals surface area contributed by atoms with Gasteiger partial charge in [-0.2, -0.15) is 0 Å². The minimum absolute atomic E-state index is 0.0270. The maximum absolute atomic E-state index is 12.4. The molecular weight excluding hydrogens is 244 g/mol. The van der Waals surface area contributed by atoms with Crippen LogP contribution in [0.4, 0.5) is 0 Å². The van der Waals surface area contributed by atoms with Gasteiger partial charge in [0.25, 0.3) is 11.8 Å². The number of nitrogens with zero attached hydrogens (tertiary/aromatic N) is 2. The van der Waals surface area contributed by atoms with Crippen LogP contribution in [0, 0.1) is 0 Å². The molecule has 0 saturated heterocycles. The van der Waals surface area contributed by atoms with Gasteiger partial charge in [-0.1, -0.05) is 17.3 Å². The number of carbonyl (C=O) groups excluding carboxylic acids is 2. The van der Waals surface area contributed by atoms with Crippen LogP contribution in [-0.4, -0.2) is 21.9 Å². The molecule has 0 saturated carbocycles. The fourth-order valence-corrected chi connectivity index (χ4v) is 2.84. The second-order valence-corrected chi connectivity index (χ2v) is 4.73. The minimum atomic E-state index is -0.416. The van der Waals surface area contributed by atoms with Crippen molar-refractivity contribution in [2.45, 2.75) is 18.9 Å². The predicted octanol–water partition coefficient (Wildman–Crippen LogP) is 1.96. The molecule has 5 nitrogen and oxygen atoms in total. The monoisotopic (exact) mass is 255 g/mol. The molecule has 94 valence electrons. The van der Waals surface area contributed by atoms with Crippen molar-refractivity contribution in [2.24, 2.45) is 0 Å². The Morgan fingerprint density at radius 1 is 1.26 bits per heavy atom. The van der Waals surface area contributed by atoms with E-state index in [2.05, 4.69) is 5.16 Å². The van der Waals surface area contributed by atoms with E-state index in [1.54, 1.807) is 24.3 Å². The van der Waals surface area contributed by atoms with E-state index >= 15 is 0 Å². The summed E-state index contributed by atoms with van der Waals surface area (Å²) in [5.74, 6) is -0.587. The van der Waals surface area contributed by atoms with Crippen LogP contribution in [0.3, 0.4) is 0 Å². The predicted molar refractivity (Wildman–Crippen MR) is 64.5 cm³/mol. The summed E-state index contributed by atoms with van der Waals surface area (Å²) < 4.78 is 12.4. The molecule has 5 heteroatoms. The third-order valence-electron chi connectivity index (χ3n) is 3.74. The highest BCUT2D eigenvalue weighted by molar-refractivity contribution is 6.21. The van der Waals surface area contributed by atoms with E-state index < -0.39 is 6.04 Å². The van der Waals surface area contributed by atoms with Gasteiger partial charge in [0, 0.05) is 5.56 Å². The first kappa shape index (κ1) is 9.49. The number of hydrogen-bond acceptors (Lipinski definition) is 4. The lowest BCUT2D eigenvalue weighted by molar-refractivity contribution is 0.0576. The molecule has 0 fully saturated rings. The Hall–Kier alpha value is -2.43. The van der Waals surface area contributed by atoms with Crippen molar-refractivity contribution in [3.63, 3.8) is 0 Å². The summed E-state index contributed by atoms with van der Waals surface area (Å²) in [4.78, 5) is 26.1. The quantitative estimate of drug-likeness (QED) is 0.731. The highest BCUT2D eigenvalue weighted by atomic mass is 16.5. The van der Waals surface area contributed by atoms with Crippen LogP contribution in [0.1, 0.15) is 45.8 Å². The largest absolute Gasteiger partial charge is 0.364 e. The molecule has 0 radical (unpaired) electrons. The number of amides is 2. The summed E-state index contributed by atoms with van der Waals surface area (Å²) in [5, 5.41) is 3.85. The van der Waals surface area contributed by atoms with Crippen molar-refractivity contribution >= 4 is 11.8 Å². The Balaban J connectivity index is 1.79. The maximum atomic E-state index is 12.4. The van der Waals surface area contributed by atoms with E-state index in [0.29, 0.717) is 35.2 Å². The Morgan fingerprint density at radius 3 is 2.63 bits per heavy atom. The molecule has 0 bridgehead atoms. The first-order valence-electron chi connectivity index (χ1n) is 6.60. The third-order valence-corrected chi connectivity index (χ3v) is 3.74. The van der Waals surface area contributed by atoms with Crippen LogP contribution in [0.2, 0.25) is 0 Å². The van der Waals surface area contributed by atoms with Crippen LogP contribution in [0.25, 0.3) is 0 Å². The highest BCUT2D eigenvalue weighted by Gasteiger charge is 2.43. The van der Waals surface area contributed by atoms with Gasteiger partial charge < -0.3 is 4.52 Å². The number of fused-ring (bicyclic) bond motifs is 2. The molecule has 1 aromatic heterocycles. The number of aromatic nitrogens is 1. The van der Waals surface area contributed by atoms with Gasteiger partial charge in [-0.05, 0) is 25.0 Å². The number of benzene rings is 1. The van der Waals surface area contributed by atoms with Crippen molar-refractivity contribution in [1.82, 2.24) is 10.1 Å². The van der Waals surface area contributed by atoms with E-state index in [9.17, 15) is 9.59 Å². The molecule has 2 amide bonds. The molecule has 0 spiro atoms. The van der Waals surface area contributed by atoms with E-state index in [4.69, 9.17) is 5.89 Å². The Labute approximate surface area is 110 Å². The number of carbonyl (C=O) groups is 2. The summed E-state index contributed by atoms with van der Waals surface area (Å²) in [7, 11) is 0. The summed E-state index contributed by atoms with van der Waals surface area (Å²) in [6.45, 7) is 0. The normalized spacial score (nSPS) is 21.6. The van der Waals surface area contributed by atoms with Crippen LogP contribution < -0.4 is 0 Å². The first-order valence-corrected chi connectivity index (χ1v) is 6.10. The topological polar surface area (TPSA) is 63.4 Å². The molecule has 2 aliphatic rings. The fourth-order valence-electron chi connectivity index (χ4n) is 2.84. The lowest BCUT2D eigenvalue weighted by Crippen LogP contribution is -2.33. The van der Waals surface area contributed by atoms with Gasteiger partial charge in [0.05, 0.1) is 17.2 Å². The average molecular weight is 255 g/mol. The van der Waals surface area contributed by atoms with Gasteiger partial charge >= 0.3 is 0 Å². The van der Waals surface area contributed by atoms with Crippen LogP contribution in [0.5, 0.6) is 0 Å². The Morgan fingerprint density at radius 2 is 1.95 bits per heavy atom. The van der Waals surface area contributed by atoms with E-state index in [0.717, 1.165) is 0 Å². The maximum Gasteiger partial charge on any atom is 0.262 e. The second kappa shape index (κ2) is 3.54. The zero-order chi connectivity index (χ0) is 13.9. The number of rotatable bonds is 1. The first-order chi connectivity index (χ1) is 9.68. The summed E-state index contributed by atoms with van der Waals surface area (Å²) in [5.41, 5.74) is 2.11. The van der Waals surface area contributed by atoms with Crippen molar-refractivity contribution in [3.05, 3.63) is 52.9 Å². The van der Waals surface area contributed by atoms with Gasteiger partial charge in [0.15, 0.2) is 0 Å². The molecule has 2 heterocycles. The van der Waals surface area contributed by atoms with Crippen LogP contribution >= 0.6 is 0 Å². The Bertz CT molecular complexity index is 718. The molecular formula is C14H10N2O3. The third kappa shape index (κ3) is 1.27. The lowest BCUT2D eigenvalue weighted by Gasteiger charge is -2.20. The zero-order valence-corrected chi connectivity index (χ0v) is 9.92. The van der Waals surface area contributed by atoms with Gasteiger partial charge in [0.2, 0.25) is 0 Å². The van der Waals surface area contributed by atoms with E-state index in [1.807, 2.05) is 0 Å². The summed E-state index contributed by atoms with van der Waals surface area (Å²) in [6, 6.07) is 6.38. The van der Waals surface area contributed by atoms with Gasteiger partial charge in [-0.3, -0.25) is 14.5 Å². The van der Waals surface area contributed by atoms with E-state index in [-0.39, 0.29) is 18.1 Å². The molecule has 1 aliphatic heterocycles. The molecule has 1 aliphatic carbocycles. The molecule has 4 rings (SSSR count). The van der Waals surface area contributed by atoms with Gasteiger partial charge in [-0.15, -0.1) is 0 Å². The van der Waals surface area contributed by atoms with Crippen molar-refractivity contribution in [2.75, 3.05) is 0 Å². The number of imide groups is 1. The standard InChI is InChI=1S/C14H10N2O3/c17-13-9-3-1-2-4-10(9)14(18)16(13)11-6-5-8-7-19-15-12(8)11/h1-4,7,11H,5-6H2/i7D. The van der Waals surface area contributed by atoms with Crippen molar-refractivity contribution in [1.29, 1.82) is 0 Å². The average Bonchev–Trinajstić information content (AvgIpc) is 3.09. The fraction of sp³-hybridized carbons (Fsp3) is 0.214. The van der Waals surface area contributed by atoms with Gasteiger partial charge in [-0.25, -0.2) is 0 Å². The van der Waals surface area contributed by atoms with Crippen molar-refractivity contribution in [3.8, 4) is 0 Å². The summed E-state index contributed by atoms with van der Waals surface area (Å²) in [6.07, 6.45) is 1.24. The van der Waals surface area contributed by atoms with Gasteiger partial charge in [0.1, 0.15) is 13.3 Å². The Kier molecular flexibility index (Phi) is 1.77. The lowest BCUT2D eigenvalue weighted by atomic mass is 10.1. The molecule has 0 N–H and O–H groups in total. The van der Waals surface area contributed by atoms with Crippen molar-refractivity contribution < 1.29 is 15.5 Å². The zero-order valence-electron chi connectivity index (χ0n) is 10.9. The minimum Gasteiger partial charge on any atom is -0.364 e. The SMILES string of the molecule is [2H]c1onc2c1CCC2N1C(=O)c2ccccc2C1=O. The number of hydrogen-bond donors (Lipinski definition) is 0. The van der Waals surface area contributed by atoms with E-state index in [1.165, 1.54) is 4.90 Å².